The van der Waals surface area contributed by atoms with E-state index in [0.717, 1.165) is 4.47 Å². The van der Waals surface area contributed by atoms with E-state index >= 15 is 0 Å². The van der Waals surface area contributed by atoms with Crippen molar-refractivity contribution in [3.63, 3.8) is 0 Å². The van der Waals surface area contributed by atoms with Gasteiger partial charge in [0.05, 0.1) is 13.7 Å². The van der Waals surface area contributed by atoms with Crippen LogP contribution in [0.2, 0.25) is 0 Å². The van der Waals surface area contributed by atoms with Crippen molar-refractivity contribution < 1.29 is 18.7 Å². The van der Waals surface area contributed by atoms with E-state index in [2.05, 4.69) is 26.0 Å². The lowest BCUT2D eigenvalue weighted by atomic mass is 9.92. The molecule has 1 unspecified atom stereocenters. The van der Waals surface area contributed by atoms with Crippen molar-refractivity contribution >= 4 is 40.2 Å². The Hall–Kier alpha value is -1.83. The monoisotopic (exact) mass is 430 g/mol. The molecule has 1 amide bonds. The predicted octanol–water partition coefficient (Wildman–Crippen LogP) is 3.05. The number of halogens is 2. The van der Waals surface area contributed by atoms with E-state index in [-0.39, 0.29) is 24.9 Å². The number of hydrogen-bond donors (Lipinski definition) is 2. The van der Waals surface area contributed by atoms with Gasteiger partial charge in [-0.05, 0) is 37.6 Å². The lowest BCUT2D eigenvalue weighted by molar-refractivity contribution is -0.126. The van der Waals surface area contributed by atoms with Crippen LogP contribution in [0, 0.1) is 6.92 Å². The van der Waals surface area contributed by atoms with Gasteiger partial charge in [-0.1, -0.05) is 28.1 Å². The second-order valence-corrected chi connectivity index (χ2v) is 6.48. The van der Waals surface area contributed by atoms with Crippen molar-refractivity contribution in [3.8, 4) is 0 Å². The molecule has 0 spiro atoms. The van der Waals surface area contributed by atoms with Crippen LogP contribution in [0.4, 0.5) is 0 Å². The van der Waals surface area contributed by atoms with Crippen molar-refractivity contribution in [3.05, 3.63) is 57.5 Å². The maximum atomic E-state index is 12.4. The molecule has 0 saturated heterocycles. The quantitative estimate of drug-likeness (QED) is 0.710. The molecule has 6 nitrogen and oxygen atoms in total. The Morgan fingerprint density at radius 3 is 2.48 bits per heavy atom. The molecule has 0 aliphatic heterocycles. The van der Waals surface area contributed by atoms with Crippen LogP contribution in [0.1, 0.15) is 34.4 Å². The molecule has 0 saturated carbocycles. The van der Waals surface area contributed by atoms with E-state index in [4.69, 9.17) is 10.2 Å². The average Bonchev–Trinajstić information content (AvgIpc) is 2.93. The Labute approximate surface area is 160 Å². The second kappa shape index (κ2) is 8.51. The number of carbonyl (C=O) groups excluding carboxylic acids is 2. The number of nitrogens with two attached hydrogens (primary N) is 1. The smallest absolute Gasteiger partial charge is 0.341 e. The summed E-state index contributed by atoms with van der Waals surface area (Å²) < 4.78 is 11.0. The highest BCUT2D eigenvalue weighted by Crippen LogP contribution is 2.21. The molecule has 1 aromatic heterocycles. The fraction of sp³-hybridized carbons (Fsp3) is 0.294. The predicted molar refractivity (Wildman–Crippen MR) is 99.6 cm³/mol. The van der Waals surface area contributed by atoms with Crippen LogP contribution in [-0.4, -0.2) is 19.0 Å². The minimum absolute atomic E-state index is 0. The Morgan fingerprint density at radius 1 is 1.32 bits per heavy atom. The number of hydrogen-bond acceptors (Lipinski definition) is 5. The molecule has 8 heteroatoms. The number of amides is 1. The molecule has 0 aliphatic carbocycles. The number of esters is 1. The molecular formula is C17H20BrClN2O4. The van der Waals surface area contributed by atoms with E-state index in [1.54, 1.807) is 32.0 Å². The third kappa shape index (κ3) is 4.84. The lowest BCUT2D eigenvalue weighted by Gasteiger charge is -2.24. The van der Waals surface area contributed by atoms with Crippen molar-refractivity contribution in [2.45, 2.75) is 25.9 Å². The Bertz CT molecular complexity index is 757. The van der Waals surface area contributed by atoms with Crippen molar-refractivity contribution in [1.82, 2.24) is 5.32 Å². The number of nitrogens with one attached hydrogen (secondary N) is 1. The van der Waals surface area contributed by atoms with Gasteiger partial charge < -0.3 is 20.2 Å². The molecule has 0 radical (unpaired) electrons. The highest BCUT2D eigenvalue weighted by molar-refractivity contribution is 9.10. The van der Waals surface area contributed by atoms with E-state index in [9.17, 15) is 9.59 Å². The summed E-state index contributed by atoms with van der Waals surface area (Å²) in [5, 5.41) is 2.73. The van der Waals surface area contributed by atoms with Gasteiger partial charge >= 0.3 is 5.97 Å². The number of methoxy groups -OCH3 is 1. The van der Waals surface area contributed by atoms with Gasteiger partial charge in [0.15, 0.2) is 0 Å². The van der Waals surface area contributed by atoms with Gasteiger partial charge in [0.1, 0.15) is 22.6 Å². The highest BCUT2D eigenvalue weighted by atomic mass is 79.9. The first-order chi connectivity index (χ1) is 11.3. The van der Waals surface area contributed by atoms with Crippen molar-refractivity contribution in [2.24, 2.45) is 5.73 Å². The lowest BCUT2D eigenvalue weighted by Crippen LogP contribution is -2.48. The summed E-state index contributed by atoms with van der Waals surface area (Å²) in [5.41, 5.74) is 6.01. The topological polar surface area (TPSA) is 94.6 Å². The number of benzene rings is 1. The summed E-state index contributed by atoms with van der Waals surface area (Å²) in [7, 11) is 1.30. The van der Waals surface area contributed by atoms with Crippen LogP contribution in [0.5, 0.6) is 0 Å². The van der Waals surface area contributed by atoms with Gasteiger partial charge in [0.2, 0.25) is 5.91 Å². The molecule has 2 rings (SSSR count). The third-order valence-electron chi connectivity index (χ3n) is 3.71. The first kappa shape index (κ1) is 21.2. The van der Waals surface area contributed by atoms with E-state index in [0.29, 0.717) is 22.6 Å². The van der Waals surface area contributed by atoms with Crippen LogP contribution in [0.3, 0.4) is 0 Å². The van der Waals surface area contributed by atoms with Crippen LogP contribution in [0.25, 0.3) is 0 Å². The van der Waals surface area contributed by atoms with Gasteiger partial charge in [0, 0.05) is 4.47 Å². The number of furan rings is 1. The zero-order chi connectivity index (χ0) is 17.9. The van der Waals surface area contributed by atoms with Crippen LogP contribution >= 0.6 is 28.3 Å². The number of rotatable bonds is 5. The minimum Gasteiger partial charge on any atom is -0.465 e. The van der Waals surface area contributed by atoms with Gasteiger partial charge in [-0.25, -0.2) is 4.79 Å². The van der Waals surface area contributed by atoms with Gasteiger partial charge in [-0.3, -0.25) is 4.79 Å². The molecule has 0 aliphatic rings. The minimum atomic E-state index is -1.19. The maximum absolute atomic E-state index is 12.4. The zero-order valence-electron chi connectivity index (χ0n) is 14.1. The van der Waals surface area contributed by atoms with Crippen LogP contribution in [0.15, 0.2) is 39.2 Å². The van der Waals surface area contributed by atoms with Gasteiger partial charge in [0.25, 0.3) is 0 Å². The Balaban J connectivity index is 0.00000312. The largest absolute Gasteiger partial charge is 0.465 e. The van der Waals surface area contributed by atoms with Crippen LogP contribution < -0.4 is 11.1 Å². The zero-order valence-corrected chi connectivity index (χ0v) is 16.5. The molecule has 136 valence electrons. The molecule has 1 heterocycles. The average molecular weight is 432 g/mol. The van der Waals surface area contributed by atoms with E-state index in [1.165, 1.54) is 7.11 Å². The summed E-state index contributed by atoms with van der Waals surface area (Å²) >= 11 is 3.35. The summed E-state index contributed by atoms with van der Waals surface area (Å²) in [6, 6.07) is 8.78. The maximum Gasteiger partial charge on any atom is 0.341 e. The molecule has 0 bridgehead atoms. The number of aryl methyl sites for hydroxylation is 1. The first-order valence-corrected chi connectivity index (χ1v) is 8.06. The molecule has 1 aromatic carbocycles. The molecular weight excluding hydrogens is 412 g/mol. The highest BCUT2D eigenvalue weighted by Gasteiger charge is 2.30. The SMILES string of the molecule is COC(=O)c1cc(CNC(=O)C(C)(N)c2ccc(Br)cc2)oc1C.Cl. The van der Waals surface area contributed by atoms with E-state index < -0.39 is 11.5 Å². The molecule has 25 heavy (non-hydrogen) atoms. The summed E-state index contributed by atoms with van der Waals surface area (Å²) in [4.78, 5) is 24.0. The summed E-state index contributed by atoms with van der Waals surface area (Å²) in [6.07, 6.45) is 0. The second-order valence-electron chi connectivity index (χ2n) is 5.57. The molecule has 1 atom stereocenters. The fourth-order valence-corrected chi connectivity index (χ4v) is 2.49. The molecule has 3 N–H and O–H groups in total. The van der Waals surface area contributed by atoms with E-state index in [1.807, 2.05) is 12.1 Å². The molecule has 2 aromatic rings. The van der Waals surface area contributed by atoms with Crippen LogP contribution in [-0.2, 0) is 21.6 Å². The Morgan fingerprint density at radius 2 is 1.92 bits per heavy atom. The standard InChI is InChI=1S/C17H19BrN2O4.ClH/c1-10-14(15(21)23-3)8-13(24-10)9-20-16(22)17(2,19)11-4-6-12(18)7-5-11;/h4-8H,9,19H2,1-3H3,(H,20,22);1H. The Kier molecular flexibility index (Phi) is 7.22. The van der Waals surface area contributed by atoms with Gasteiger partial charge in [-0.15, -0.1) is 12.4 Å². The van der Waals surface area contributed by atoms with Crippen molar-refractivity contribution in [1.29, 1.82) is 0 Å². The fourth-order valence-electron chi connectivity index (χ4n) is 2.22. The first-order valence-electron chi connectivity index (χ1n) is 7.26. The normalized spacial score (nSPS) is 12.7. The van der Waals surface area contributed by atoms with Crippen molar-refractivity contribution in [2.75, 3.05) is 7.11 Å². The van der Waals surface area contributed by atoms with Gasteiger partial charge in [-0.2, -0.15) is 0 Å². The summed E-state index contributed by atoms with van der Waals surface area (Å²) in [6.45, 7) is 3.42. The number of ether oxygens (including phenoxy) is 1. The summed E-state index contributed by atoms with van der Waals surface area (Å²) in [5.74, 6) is 0.0632. The number of carbonyl (C=O) groups is 2. The molecule has 0 fully saturated rings. The third-order valence-corrected chi connectivity index (χ3v) is 4.24.